The maximum atomic E-state index is 13.4. The van der Waals surface area contributed by atoms with Gasteiger partial charge in [0.05, 0.1) is 5.69 Å². The van der Waals surface area contributed by atoms with Gasteiger partial charge in [-0.1, -0.05) is 0 Å². The number of fused-ring (bicyclic) bond motifs is 2. The standard InChI is InChI=1S/C20H18FN5O2S/c21-14-1-2-16-13(9-14)10-17(23-16)19(28)25-5-3-24(4-6-25)12-15-11-18(27)26-7-8-29-20(26)22-15/h1-2,7-11,23H,3-6,12H2. The smallest absolute Gasteiger partial charge is 0.270 e. The fourth-order valence-corrected chi connectivity index (χ4v) is 4.43. The number of thiazole rings is 1. The van der Waals surface area contributed by atoms with Gasteiger partial charge in [-0.25, -0.2) is 9.37 Å². The third kappa shape index (κ3) is 3.43. The quantitative estimate of drug-likeness (QED) is 0.562. The van der Waals surface area contributed by atoms with Crippen molar-refractivity contribution in [2.24, 2.45) is 0 Å². The van der Waals surface area contributed by atoms with Crippen molar-refractivity contribution in [2.75, 3.05) is 26.2 Å². The first-order valence-corrected chi connectivity index (χ1v) is 10.2. The minimum atomic E-state index is -0.321. The third-order valence-corrected chi connectivity index (χ3v) is 5.97. The van der Waals surface area contributed by atoms with Crippen LogP contribution in [0.2, 0.25) is 0 Å². The minimum absolute atomic E-state index is 0.0738. The highest BCUT2D eigenvalue weighted by Crippen LogP contribution is 2.19. The number of aromatic nitrogens is 3. The topological polar surface area (TPSA) is 73.7 Å². The van der Waals surface area contributed by atoms with Gasteiger partial charge in [0.1, 0.15) is 11.5 Å². The van der Waals surface area contributed by atoms with Crippen LogP contribution in [0.5, 0.6) is 0 Å². The van der Waals surface area contributed by atoms with E-state index in [2.05, 4.69) is 14.9 Å². The van der Waals surface area contributed by atoms with Crippen molar-refractivity contribution < 1.29 is 9.18 Å². The van der Waals surface area contributed by atoms with Crippen LogP contribution in [0.1, 0.15) is 16.2 Å². The predicted octanol–water partition coefficient (Wildman–Crippen LogP) is 2.33. The molecule has 3 aromatic heterocycles. The summed E-state index contributed by atoms with van der Waals surface area (Å²) in [6.07, 6.45) is 1.72. The number of carbonyl (C=O) groups excluding carboxylic acids is 1. The van der Waals surface area contributed by atoms with Crippen molar-refractivity contribution in [1.29, 1.82) is 0 Å². The number of hydrogen-bond acceptors (Lipinski definition) is 5. The van der Waals surface area contributed by atoms with E-state index in [1.54, 1.807) is 29.3 Å². The zero-order chi connectivity index (χ0) is 20.0. The summed E-state index contributed by atoms with van der Waals surface area (Å²) in [7, 11) is 0. The van der Waals surface area contributed by atoms with Crippen LogP contribution in [0.25, 0.3) is 15.9 Å². The predicted molar refractivity (Wildman–Crippen MR) is 109 cm³/mol. The van der Waals surface area contributed by atoms with Crippen molar-refractivity contribution in [2.45, 2.75) is 6.54 Å². The number of carbonyl (C=O) groups is 1. The maximum Gasteiger partial charge on any atom is 0.270 e. The van der Waals surface area contributed by atoms with Gasteiger partial charge in [-0.3, -0.25) is 18.9 Å². The van der Waals surface area contributed by atoms with E-state index < -0.39 is 0 Å². The van der Waals surface area contributed by atoms with Gasteiger partial charge < -0.3 is 9.88 Å². The Morgan fingerprint density at radius 1 is 1.17 bits per heavy atom. The summed E-state index contributed by atoms with van der Waals surface area (Å²) in [6, 6.07) is 7.70. The highest BCUT2D eigenvalue weighted by Gasteiger charge is 2.24. The molecule has 5 rings (SSSR count). The highest BCUT2D eigenvalue weighted by atomic mass is 32.1. The van der Waals surface area contributed by atoms with Crippen LogP contribution in [0, 0.1) is 5.82 Å². The molecule has 0 atom stereocenters. The summed E-state index contributed by atoms with van der Waals surface area (Å²) in [5.41, 5.74) is 1.89. The van der Waals surface area contributed by atoms with Gasteiger partial charge in [-0.2, -0.15) is 0 Å². The normalized spacial score (nSPS) is 15.4. The Morgan fingerprint density at radius 2 is 2.00 bits per heavy atom. The Morgan fingerprint density at radius 3 is 2.83 bits per heavy atom. The van der Waals surface area contributed by atoms with Crippen molar-refractivity contribution in [3.05, 3.63) is 69.5 Å². The second kappa shape index (κ2) is 7.09. The Labute approximate surface area is 169 Å². The zero-order valence-electron chi connectivity index (χ0n) is 15.5. The summed E-state index contributed by atoms with van der Waals surface area (Å²) in [6.45, 7) is 3.15. The van der Waals surface area contributed by atoms with Gasteiger partial charge in [0.15, 0.2) is 4.96 Å². The number of H-pyrrole nitrogens is 1. The molecule has 1 N–H and O–H groups in total. The fourth-order valence-electron chi connectivity index (χ4n) is 3.70. The van der Waals surface area contributed by atoms with E-state index in [0.717, 1.165) is 11.2 Å². The lowest BCUT2D eigenvalue weighted by Gasteiger charge is -2.34. The zero-order valence-corrected chi connectivity index (χ0v) is 16.3. The molecule has 7 nitrogen and oxygen atoms in total. The molecule has 1 saturated heterocycles. The summed E-state index contributed by atoms with van der Waals surface area (Å²) in [5, 5.41) is 2.53. The average Bonchev–Trinajstić information content (AvgIpc) is 3.34. The SMILES string of the molecule is O=C(c1cc2cc(F)ccc2[nH]1)N1CCN(Cc2cc(=O)n3ccsc3n2)CC1. The van der Waals surface area contributed by atoms with Crippen LogP contribution in [-0.2, 0) is 6.54 Å². The Bertz CT molecular complexity index is 1270. The van der Waals surface area contributed by atoms with E-state index in [9.17, 15) is 14.0 Å². The lowest BCUT2D eigenvalue weighted by molar-refractivity contribution is 0.0622. The molecule has 148 valence electrons. The van der Waals surface area contributed by atoms with Crippen LogP contribution in [0.4, 0.5) is 4.39 Å². The number of benzene rings is 1. The molecular formula is C20H18FN5O2S. The first-order valence-electron chi connectivity index (χ1n) is 9.32. The first kappa shape index (κ1) is 18.0. The lowest BCUT2D eigenvalue weighted by Crippen LogP contribution is -2.48. The van der Waals surface area contributed by atoms with E-state index >= 15 is 0 Å². The Kier molecular flexibility index (Phi) is 4.40. The van der Waals surface area contributed by atoms with Crippen LogP contribution in [0.3, 0.4) is 0 Å². The van der Waals surface area contributed by atoms with Crippen molar-refractivity contribution >= 4 is 33.1 Å². The molecule has 4 heterocycles. The number of amides is 1. The highest BCUT2D eigenvalue weighted by molar-refractivity contribution is 7.15. The number of nitrogens with zero attached hydrogens (tertiary/aromatic N) is 4. The van der Waals surface area contributed by atoms with E-state index in [1.807, 2.05) is 5.38 Å². The van der Waals surface area contributed by atoms with E-state index in [-0.39, 0.29) is 17.3 Å². The molecule has 0 saturated carbocycles. The largest absolute Gasteiger partial charge is 0.351 e. The van der Waals surface area contributed by atoms with Crippen LogP contribution < -0.4 is 5.56 Å². The molecule has 0 spiro atoms. The van der Waals surface area contributed by atoms with Gasteiger partial charge in [0.2, 0.25) is 0 Å². The summed E-state index contributed by atoms with van der Waals surface area (Å²) < 4.78 is 14.9. The molecule has 0 unspecified atom stereocenters. The van der Waals surface area contributed by atoms with Gasteiger partial charge in [-0.05, 0) is 24.3 Å². The molecule has 1 aliphatic rings. The van der Waals surface area contributed by atoms with E-state index in [1.165, 1.54) is 27.9 Å². The fraction of sp³-hybridized carbons (Fsp3) is 0.250. The number of aromatic amines is 1. The lowest BCUT2D eigenvalue weighted by atomic mass is 10.2. The Balaban J connectivity index is 1.25. The van der Waals surface area contributed by atoms with Crippen molar-refractivity contribution in [1.82, 2.24) is 24.2 Å². The second-order valence-corrected chi connectivity index (χ2v) is 8.00. The number of nitrogens with one attached hydrogen (secondary N) is 1. The van der Waals surface area contributed by atoms with Crippen molar-refractivity contribution in [3.63, 3.8) is 0 Å². The molecule has 29 heavy (non-hydrogen) atoms. The third-order valence-electron chi connectivity index (χ3n) is 5.21. The molecule has 4 aromatic rings. The molecule has 1 aromatic carbocycles. The van der Waals surface area contributed by atoms with Crippen LogP contribution in [-0.4, -0.2) is 56.3 Å². The molecular weight excluding hydrogens is 393 g/mol. The van der Waals surface area contributed by atoms with Gasteiger partial charge in [0.25, 0.3) is 11.5 Å². The number of piperazine rings is 1. The van der Waals surface area contributed by atoms with Crippen molar-refractivity contribution in [3.8, 4) is 0 Å². The number of hydrogen-bond donors (Lipinski definition) is 1. The minimum Gasteiger partial charge on any atom is -0.351 e. The van der Waals surface area contributed by atoms with Gasteiger partial charge >= 0.3 is 0 Å². The first-order chi connectivity index (χ1) is 14.1. The van der Waals surface area contributed by atoms with Gasteiger partial charge in [0, 0.05) is 61.3 Å². The molecule has 1 amide bonds. The summed E-state index contributed by atoms with van der Waals surface area (Å²) >= 11 is 1.44. The molecule has 0 aliphatic carbocycles. The molecule has 1 aliphatic heterocycles. The molecule has 0 bridgehead atoms. The van der Waals surface area contributed by atoms with E-state index in [0.29, 0.717) is 48.8 Å². The maximum absolute atomic E-state index is 13.4. The summed E-state index contributed by atoms with van der Waals surface area (Å²) in [4.78, 5) is 37.2. The van der Waals surface area contributed by atoms with Crippen LogP contribution in [0.15, 0.2) is 46.7 Å². The molecule has 0 radical (unpaired) electrons. The Hall–Kier alpha value is -3.04. The second-order valence-electron chi connectivity index (χ2n) is 7.12. The molecule has 1 fully saturated rings. The summed E-state index contributed by atoms with van der Waals surface area (Å²) in [5.74, 6) is -0.407. The number of rotatable bonds is 3. The van der Waals surface area contributed by atoms with Gasteiger partial charge in [-0.15, -0.1) is 11.3 Å². The average molecular weight is 411 g/mol. The van der Waals surface area contributed by atoms with E-state index in [4.69, 9.17) is 0 Å². The molecule has 9 heteroatoms. The monoisotopic (exact) mass is 411 g/mol. The van der Waals surface area contributed by atoms with Crippen LogP contribution >= 0.6 is 11.3 Å². The number of halogens is 1.